The van der Waals surface area contributed by atoms with Crippen LogP contribution in [0.1, 0.15) is 32.1 Å². The van der Waals surface area contributed by atoms with Crippen LogP contribution in [0.5, 0.6) is 0 Å². The number of rotatable bonds is 5. The molecule has 0 unspecified atom stereocenters. The van der Waals surface area contributed by atoms with Crippen LogP contribution in [0, 0.1) is 11.3 Å². The molecule has 1 aliphatic rings. The standard InChI is InChI=1S/C10H19NO4Si/c1-12-16(13-2,14-3)15-10(9-11)7-5-4-6-8-10/h4-8H2,1-3H3. The van der Waals surface area contributed by atoms with Crippen molar-refractivity contribution in [3.8, 4) is 6.07 Å². The van der Waals surface area contributed by atoms with E-state index in [1.165, 1.54) is 21.3 Å². The van der Waals surface area contributed by atoms with Crippen LogP contribution < -0.4 is 0 Å². The monoisotopic (exact) mass is 245 g/mol. The van der Waals surface area contributed by atoms with E-state index in [4.69, 9.17) is 17.7 Å². The second kappa shape index (κ2) is 5.75. The summed E-state index contributed by atoms with van der Waals surface area (Å²) < 4.78 is 21.3. The van der Waals surface area contributed by atoms with Crippen molar-refractivity contribution in [1.82, 2.24) is 0 Å². The molecule has 0 bridgehead atoms. The summed E-state index contributed by atoms with van der Waals surface area (Å²) >= 11 is 0. The normalized spacial score (nSPS) is 20.4. The highest BCUT2D eigenvalue weighted by molar-refractivity contribution is 6.53. The first kappa shape index (κ1) is 13.6. The van der Waals surface area contributed by atoms with Gasteiger partial charge < -0.3 is 17.7 Å². The number of nitriles is 1. The average molecular weight is 245 g/mol. The highest BCUT2D eigenvalue weighted by Gasteiger charge is 2.51. The van der Waals surface area contributed by atoms with Crippen molar-refractivity contribution in [3.63, 3.8) is 0 Å². The Labute approximate surface area is 97.7 Å². The van der Waals surface area contributed by atoms with E-state index in [1.54, 1.807) is 0 Å². The molecule has 1 aliphatic carbocycles. The summed E-state index contributed by atoms with van der Waals surface area (Å²) in [6.07, 6.45) is 4.57. The first-order valence-electron chi connectivity index (χ1n) is 5.43. The van der Waals surface area contributed by atoms with Crippen molar-refractivity contribution in [2.75, 3.05) is 21.3 Å². The molecular weight excluding hydrogens is 226 g/mol. The molecule has 5 nitrogen and oxygen atoms in total. The van der Waals surface area contributed by atoms with Crippen LogP contribution in [-0.4, -0.2) is 36.0 Å². The summed E-state index contributed by atoms with van der Waals surface area (Å²) in [7, 11) is 1.32. The van der Waals surface area contributed by atoms with Crippen LogP contribution in [0.2, 0.25) is 0 Å². The lowest BCUT2D eigenvalue weighted by Gasteiger charge is -2.36. The summed E-state index contributed by atoms with van der Waals surface area (Å²) in [5.41, 5.74) is -0.799. The Morgan fingerprint density at radius 3 is 1.88 bits per heavy atom. The van der Waals surface area contributed by atoms with E-state index < -0.39 is 14.6 Å². The second-order valence-electron chi connectivity index (χ2n) is 3.88. The Balaban J connectivity index is 2.78. The molecule has 1 fully saturated rings. The predicted octanol–water partition coefficient (Wildman–Crippen LogP) is 1.60. The first-order chi connectivity index (χ1) is 7.66. The minimum absolute atomic E-state index is 0.717. The third-order valence-corrected chi connectivity index (χ3v) is 5.08. The maximum Gasteiger partial charge on any atom is 0.680 e. The molecular formula is C10H19NO4Si. The first-order valence-corrected chi connectivity index (χ1v) is 7.06. The van der Waals surface area contributed by atoms with Gasteiger partial charge in [0.15, 0.2) is 0 Å². The van der Waals surface area contributed by atoms with Crippen molar-refractivity contribution in [1.29, 1.82) is 5.26 Å². The van der Waals surface area contributed by atoms with Gasteiger partial charge in [-0.2, -0.15) is 5.26 Å². The quantitative estimate of drug-likeness (QED) is 0.689. The molecule has 6 heteroatoms. The fraction of sp³-hybridized carbons (Fsp3) is 0.900. The molecule has 0 aromatic carbocycles. The van der Waals surface area contributed by atoms with Gasteiger partial charge in [0.05, 0.1) is 6.07 Å². The van der Waals surface area contributed by atoms with Gasteiger partial charge in [0.2, 0.25) is 0 Å². The Hall–Kier alpha value is -0.453. The molecule has 0 atom stereocenters. The van der Waals surface area contributed by atoms with E-state index in [1.807, 2.05) is 0 Å². The van der Waals surface area contributed by atoms with Gasteiger partial charge in [0.1, 0.15) is 5.60 Å². The number of nitrogens with zero attached hydrogens (tertiary/aromatic N) is 1. The fourth-order valence-corrected chi connectivity index (χ4v) is 3.45. The molecule has 0 saturated heterocycles. The fourth-order valence-electron chi connectivity index (χ4n) is 1.97. The largest absolute Gasteiger partial charge is 0.680 e. The van der Waals surface area contributed by atoms with Crippen LogP contribution in [0.3, 0.4) is 0 Å². The lowest BCUT2D eigenvalue weighted by Crippen LogP contribution is -2.54. The van der Waals surface area contributed by atoms with Crippen LogP contribution in [0.15, 0.2) is 0 Å². The van der Waals surface area contributed by atoms with Crippen molar-refractivity contribution in [2.45, 2.75) is 37.7 Å². The molecule has 0 aliphatic heterocycles. The zero-order chi connectivity index (χ0) is 12.1. The third-order valence-electron chi connectivity index (χ3n) is 2.94. The van der Waals surface area contributed by atoms with Crippen molar-refractivity contribution in [2.24, 2.45) is 0 Å². The van der Waals surface area contributed by atoms with Crippen LogP contribution in [0.4, 0.5) is 0 Å². The van der Waals surface area contributed by atoms with Gasteiger partial charge in [-0.3, -0.25) is 0 Å². The summed E-state index contributed by atoms with van der Waals surface area (Å²) in [4.78, 5) is 0. The van der Waals surface area contributed by atoms with E-state index in [0.717, 1.165) is 19.3 Å². The highest BCUT2D eigenvalue weighted by Crippen LogP contribution is 2.34. The topological polar surface area (TPSA) is 60.7 Å². The Bertz CT molecular complexity index is 248. The molecule has 0 amide bonds. The summed E-state index contributed by atoms with van der Waals surface area (Å²) in [5, 5.41) is 9.27. The average Bonchev–Trinajstić information content (AvgIpc) is 2.37. The van der Waals surface area contributed by atoms with E-state index in [9.17, 15) is 5.26 Å². The smallest absolute Gasteiger partial charge is 0.355 e. The third kappa shape index (κ3) is 2.81. The molecule has 0 radical (unpaired) electrons. The van der Waals surface area contributed by atoms with Gasteiger partial charge in [0, 0.05) is 21.3 Å². The molecule has 1 saturated carbocycles. The SMILES string of the molecule is CO[Si](OC)(OC)OC1(C#N)CCCCC1. The molecule has 0 aromatic heterocycles. The number of hydrogen-bond donors (Lipinski definition) is 0. The summed E-state index contributed by atoms with van der Waals surface area (Å²) in [6, 6.07) is 2.25. The minimum Gasteiger partial charge on any atom is -0.355 e. The highest BCUT2D eigenvalue weighted by atomic mass is 28.4. The molecule has 1 rings (SSSR count). The van der Waals surface area contributed by atoms with Gasteiger partial charge in [-0.05, 0) is 25.7 Å². The van der Waals surface area contributed by atoms with E-state index in [-0.39, 0.29) is 0 Å². The Kier molecular flexibility index (Phi) is 4.89. The molecule has 0 heterocycles. The van der Waals surface area contributed by atoms with Crippen LogP contribution in [-0.2, 0) is 17.7 Å². The van der Waals surface area contributed by atoms with Gasteiger partial charge in [0.25, 0.3) is 0 Å². The van der Waals surface area contributed by atoms with Crippen LogP contribution >= 0.6 is 0 Å². The Morgan fingerprint density at radius 1 is 1.00 bits per heavy atom. The Morgan fingerprint density at radius 2 is 1.50 bits per heavy atom. The van der Waals surface area contributed by atoms with Crippen molar-refractivity contribution in [3.05, 3.63) is 0 Å². The number of hydrogen-bond acceptors (Lipinski definition) is 5. The predicted molar refractivity (Wildman–Crippen MR) is 59.3 cm³/mol. The zero-order valence-electron chi connectivity index (χ0n) is 10.1. The van der Waals surface area contributed by atoms with E-state index >= 15 is 0 Å². The molecule has 0 N–H and O–H groups in total. The lowest BCUT2D eigenvalue weighted by atomic mass is 9.86. The second-order valence-corrected chi connectivity index (χ2v) is 6.31. The van der Waals surface area contributed by atoms with E-state index in [0.29, 0.717) is 12.8 Å². The maximum absolute atomic E-state index is 9.27. The van der Waals surface area contributed by atoms with E-state index in [2.05, 4.69) is 6.07 Å². The van der Waals surface area contributed by atoms with Crippen molar-refractivity contribution >= 4 is 9.05 Å². The van der Waals surface area contributed by atoms with Crippen molar-refractivity contribution < 1.29 is 17.7 Å². The van der Waals surface area contributed by atoms with Gasteiger partial charge >= 0.3 is 9.05 Å². The summed E-state index contributed by atoms with van der Waals surface area (Å²) in [5.74, 6) is 0. The minimum atomic E-state index is -3.12. The molecule has 0 aromatic rings. The van der Waals surface area contributed by atoms with Crippen LogP contribution in [0.25, 0.3) is 0 Å². The summed E-state index contributed by atoms with van der Waals surface area (Å²) in [6.45, 7) is 0. The molecule has 92 valence electrons. The lowest BCUT2D eigenvalue weighted by molar-refractivity contribution is -0.0603. The maximum atomic E-state index is 9.27. The van der Waals surface area contributed by atoms with Gasteiger partial charge in [-0.15, -0.1) is 0 Å². The molecule has 16 heavy (non-hydrogen) atoms. The zero-order valence-corrected chi connectivity index (χ0v) is 11.1. The van der Waals surface area contributed by atoms with Gasteiger partial charge in [-0.25, -0.2) is 0 Å². The molecule has 0 spiro atoms. The van der Waals surface area contributed by atoms with Gasteiger partial charge in [-0.1, -0.05) is 6.42 Å².